The number of carbonyl (C=O) groups is 2. The van der Waals surface area contributed by atoms with Crippen LogP contribution in [0.5, 0.6) is 11.5 Å². The van der Waals surface area contributed by atoms with Crippen LogP contribution in [0.15, 0.2) is 48.5 Å². The first-order chi connectivity index (χ1) is 15.8. The Bertz CT molecular complexity index is 1370. The molecule has 0 saturated heterocycles. The number of carbonyl (C=O) groups excluding carboxylic acids is 2. The molecule has 0 amide bonds. The molecule has 34 heavy (non-hydrogen) atoms. The zero-order valence-electron chi connectivity index (χ0n) is 17.5. The molecule has 176 valence electrons. The molecule has 0 unspecified atom stereocenters. The maximum atomic E-state index is 13.6. The van der Waals surface area contributed by atoms with Crippen LogP contribution >= 0.6 is 0 Å². The average Bonchev–Trinajstić information content (AvgIpc) is 2.72. The molecular formula is C24H14F6O4. The van der Waals surface area contributed by atoms with Crippen LogP contribution in [0.2, 0.25) is 0 Å². The van der Waals surface area contributed by atoms with Crippen LogP contribution in [0.25, 0.3) is 32.3 Å². The summed E-state index contributed by atoms with van der Waals surface area (Å²) in [4.78, 5) is 23.7. The molecule has 0 aliphatic carbocycles. The molecule has 0 spiro atoms. The van der Waals surface area contributed by atoms with E-state index >= 15 is 0 Å². The van der Waals surface area contributed by atoms with Gasteiger partial charge in [-0.15, -0.1) is 0 Å². The van der Waals surface area contributed by atoms with Crippen molar-refractivity contribution in [2.75, 3.05) is 0 Å². The van der Waals surface area contributed by atoms with Crippen molar-refractivity contribution in [1.82, 2.24) is 0 Å². The lowest BCUT2D eigenvalue weighted by molar-refractivity contribution is -0.161. The number of benzene rings is 4. The Morgan fingerprint density at radius 1 is 0.618 bits per heavy atom. The predicted molar refractivity (Wildman–Crippen MR) is 112 cm³/mol. The Morgan fingerprint density at radius 3 is 1.24 bits per heavy atom. The van der Waals surface area contributed by atoms with Gasteiger partial charge in [0.25, 0.3) is 0 Å². The monoisotopic (exact) mass is 480 g/mol. The standard InChI is InChI=1S/C24H14F6O4/c1-11(31)33-21-15-7-13-5-3-4-6-14(13)8-16(15)22(34-12(2)32)18-10-20(24(28,29)30)19(9-17(18)21)23(25,26)27/h3-10H,1-2H3. The van der Waals surface area contributed by atoms with Gasteiger partial charge in [-0.2, -0.15) is 26.3 Å². The van der Waals surface area contributed by atoms with Crippen molar-refractivity contribution in [2.45, 2.75) is 26.2 Å². The fourth-order valence-corrected chi connectivity index (χ4v) is 3.86. The number of fused-ring (bicyclic) bond motifs is 3. The average molecular weight is 480 g/mol. The normalized spacial score (nSPS) is 12.4. The van der Waals surface area contributed by atoms with E-state index in [2.05, 4.69) is 0 Å². The largest absolute Gasteiger partial charge is 0.425 e. The van der Waals surface area contributed by atoms with Gasteiger partial charge in [0.1, 0.15) is 11.5 Å². The predicted octanol–water partition coefficient (Wildman–Crippen LogP) is 7.03. The first kappa shape index (κ1) is 23.3. The van der Waals surface area contributed by atoms with E-state index in [1.54, 1.807) is 24.3 Å². The molecule has 0 heterocycles. The van der Waals surface area contributed by atoms with Gasteiger partial charge in [-0.1, -0.05) is 24.3 Å². The van der Waals surface area contributed by atoms with Crippen LogP contribution in [0.1, 0.15) is 25.0 Å². The Balaban J connectivity index is 2.31. The second-order valence-electron chi connectivity index (χ2n) is 7.53. The molecule has 0 aliphatic heterocycles. The number of alkyl halides is 6. The molecule has 0 radical (unpaired) electrons. The highest BCUT2D eigenvalue weighted by Crippen LogP contribution is 2.49. The molecule has 0 bridgehead atoms. The van der Waals surface area contributed by atoms with Crippen LogP contribution in [0.4, 0.5) is 26.3 Å². The van der Waals surface area contributed by atoms with E-state index in [-0.39, 0.29) is 34.4 Å². The molecule has 4 aromatic rings. The number of hydrogen-bond acceptors (Lipinski definition) is 4. The first-order valence-electron chi connectivity index (χ1n) is 9.75. The molecular weight excluding hydrogens is 466 g/mol. The highest BCUT2D eigenvalue weighted by molar-refractivity contribution is 6.16. The number of hydrogen-bond donors (Lipinski definition) is 0. The van der Waals surface area contributed by atoms with E-state index in [9.17, 15) is 35.9 Å². The Kier molecular flexibility index (Phi) is 5.42. The first-order valence-corrected chi connectivity index (χ1v) is 9.75. The van der Waals surface area contributed by atoms with Gasteiger partial charge in [-0.05, 0) is 35.0 Å². The minimum atomic E-state index is -5.37. The molecule has 0 fully saturated rings. The maximum Gasteiger partial charge on any atom is 0.417 e. The highest BCUT2D eigenvalue weighted by atomic mass is 19.4. The minimum Gasteiger partial charge on any atom is -0.425 e. The fourth-order valence-electron chi connectivity index (χ4n) is 3.86. The van der Waals surface area contributed by atoms with E-state index in [0.29, 0.717) is 10.8 Å². The maximum absolute atomic E-state index is 13.6. The topological polar surface area (TPSA) is 52.6 Å². The van der Waals surface area contributed by atoms with Gasteiger partial charge in [0.15, 0.2) is 0 Å². The van der Waals surface area contributed by atoms with Crippen LogP contribution in [-0.4, -0.2) is 11.9 Å². The molecule has 0 aromatic heterocycles. The van der Waals surface area contributed by atoms with Crippen LogP contribution in [-0.2, 0) is 21.9 Å². The summed E-state index contributed by atoms with van der Waals surface area (Å²) in [6, 6.07) is 10.3. The van der Waals surface area contributed by atoms with Crippen molar-refractivity contribution in [2.24, 2.45) is 0 Å². The van der Waals surface area contributed by atoms with Crippen molar-refractivity contribution in [3.63, 3.8) is 0 Å². The summed E-state index contributed by atoms with van der Waals surface area (Å²) in [6.45, 7) is 2.01. The van der Waals surface area contributed by atoms with Gasteiger partial charge in [0.05, 0.1) is 11.1 Å². The van der Waals surface area contributed by atoms with Crippen molar-refractivity contribution in [3.8, 4) is 11.5 Å². The summed E-state index contributed by atoms with van der Waals surface area (Å²) < 4.78 is 92.3. The van der Waals surface area contributed by atoms with E-state index < -0.39 is 46.2 Å². The van der Waals surface area contributed by atoms with E-state index in [1.165, 1.54) is 12.1 Å². The van der Waals surface area contributed by atoms with Gasteiger partial charge in [0, 0.05) is 35.4 Å². The molecule has 4 nitrogen and oxygen atoms in total. The number of esters is 2. The zero-order chi connectivity index (χ0) is 25.0. The van der Waals surface area contributed by atoms with Gasteiger partial charge < -0.3 is 9.47 Å². The van der Waals surface area contributed by atoms with E-state index in [1.807, 2.05) is 0 Å². The van der Waals surface area contributed by atoms with Gasteiger partial charge in [0.2, 0.25) is 0 Å². The van der Waals surface area contributed by atoms with Gasteiger partial charge in [-0.3, -0.25) is 9.59 Å². The van der Waals surface area contributed by atoms with Crippen LogP contribution < -0.4 is 9.47 Å². The van der Waals surface area contributed by atoms with Crippen molar-refractivity contribution in [3.05, 3.63) is 59.7 Å². The van der Waals surface area contributed by atoms with Crippen LogP contribution in [0.3, 0.4) is 0 Å². The lowest BCUT2D eigenvalue weighted by atomic mass is 9.93. The van der Waals surface area contributed by atoms with Gasteiger partial charge >= 0.3 is 24.3 Å². The third-order valence-electron chi connectivity index (χ3n) is 5.12. The summed E-state index contributed by atoms with van der Waals surface area (Å²) >= 11 is 0. The summed E-state index contributed by atoms with van der Waals surface area (Å²) in [6.07, 6.45) is -10.7. The third-order valence-corrected chi connectivity index (χ3v) is 5.12. The van der Waals surface area contributed by atoms with Crippen LogP contribution in [0, 0.1) is 0 Å². The van der Waals surface area contributed by atoms with Crippen molar-refractivity contribution >= 4 is 44.3 Å². The lowest BCUT2D eigenvalue weighted by Gasteiger charge is -2.21. The van der Waals surface area contributed by atoms with E-state index in [4.69, 9.17) is 9.47 Å². The Morgan fingerprint density at radius 2 is 0.941 bits per heavy atom. The second kappa shape index (κ2) is 7.89. The molecule has 4 rings (SSSR count). The Hall–Kier alpha value is -3.82. The lowest BCUT2D eigenvalue weighted by Crippen LogP contribution is -2.17. The third kappa shape index (κ3) is 4.11. The number of rotatable bonds is 2. The molecule has 0 atom stereocenters. The second-order valence-corrected chi connectivity index (χ2v) is 7.53. The smallest absolute Gasteiger partial charge is 0.417 e. The number of ether oxygens (including phenoxy) is 2. The Labute approximate surface area is 187 Å². The summed E-state index contributed by atoms with van der Waals surface area (Å²) in [5.41, 5.74) is -3.93. The fraction of sp³-hybridized carbons (Fsp3) is 0.167. The zero-order valence-corrected chi connectivity index (χ0v) is 17.5. The molecule has 0 aliphatic rings. The highest BCUT2D eigenvalue weighted by Gasteiger charge is 2.44. The quantitative estimate of drug-likeness (QED) is 0.134. The summed E-state index contributed by atoms with van der Waals surface area (Å²) in [7, 11) is 0. The van der Waals surface area contributed by atoms with E-state index in [0.717, 1.165) is 13.8 Å². The number of halogens is 6. The SMILES string of the molecule is CC(=O)Oc1c2cc(C(F)(F)F)c(C(F)(F)F)cc2c(OC(C)=O)c2cc3ccccc3cc12. The van der Waals surface area contributed by atoms with Gasteiger partial charge in [-0.25, -0.2) is 0 Å². The summed E-state index contributed by atoms with van der Waals surface area (Å²) in [5, 5.41) is 0.471. The van der Waals surface area contributed by atoms with Crippen molar-refractivity contribution < 1.29 is 45.4 Å². The van der Waals surface area contributed by atoms with Crippen molar-refractivity contribution in [1.29, 1.82) is 0 Å². The minimum absolute atomic E-state index is 0.0885. The molecule has 0 saturated carbocycles. The molecule has 10 heteroatoms. The summed E-state index contributed by atoms with van der Waals surface area (Å²) in [5.74, 6) is -2.55. The molecule has 4 aromatic carbocycles. The molecule has 0 N–H and O–H groups in total.